The number of carbonyl (C=O) groups excluding carboxylic acids is 1. The number of hydrazone groups is 1. The number of aromatic carboxylic acids is 1. The smallest absolute Gasteiger partial charge is 0.335 e. The van der Waals surface area contributed by atoms with E-state index >= 15 is 0 Å². The fourth-order valence-corrected chi connectivity index (χ4v) is 3.25. The molecule has 0 atom stereocenters. The van der Waals surface area contributed by atoms with Crippen molar-refractivity contribution < 1.29 is 28.9 Å². The molecule has 3 aromatic carbocycles. The van der Waals surface area contributed by atoms with Gasteiger partial charge in [-0.25, -0.2) is 10.2 Å². The number of carboxylic acids is 1. The molecule has 8 nitrogen and oxygen atoms in total. The number of halogens is 2. The highest BCUT2D eigenvalue weighted by Crippen LogP contribution is 2.29. The number of hydrogen-bond donors (Lipinski definition) is 2. The topological polar surface area (TPSA) is 106 Å². The third kappa shape index (κ3) is 7.13. The molecule has 0 heterocycles. The van der Waals surface area contributed by atoms with E-state index in [0.29, 0.717) is 38.4 Å². The highest BCUT2D eigenvalue weighted by Gasteiger charge is 2.09. The molecule has 176 valence electrons. The van der Waals surface area contributed by atoms with E-state index in [2.05, 4.69) is 10.5 Å². The Balaban J connectivity index is 1.54. The molecule has 0 aliphatic heterocycles. The number of benzene rings is 3. The Labute approximate surface area is 205 Å². The van der Waals surface area contributed by atoms with Crippen molar-refractivity contribution in [2.24, 2.45) is 5.10 Å². The summed E-state index contributed by atoms with van der Waals surface area (Å²) in [5.74, 6) is -0.225. The molecule has 3 rings (SSSR count). The van der Waals surface area contributed by atoms with Gasteiger partial charge in [0.05, 0.1) is 23.9 Å². The van der Waals surface area contributed by atoms with Crippen molar-refractivity contribution in [3.8, 4) is 17.2 Å². The van der Waals surface area contributed by atoms with Crippen LogP contribution in [0.5, 0.6) is 17.2 Å². The first-order chi connectivity index (χ1) is 16.4. The lowest BCUT2D eigenvalue weighted by molar-refractivity contribution is -0.123. The van der Waals surface area contributed by atoms with Gasteiger partial charge in [0.1, 0.15) is 12.4 Å². The van der Waals surface area contributed by atoms with Crippen molar-refractivity contribution in [3.05, 3.63) is 87.4 Å². The number of carbonyl (C=O) groups is 2. The summed E-state index contributed by atoms with van der Waals surface area (Å²) >= 11 is 11.8. The van der Waals surface area contributed by atoms with E-state index in [0.717, 1.165) is 0 Å². The van der Waals surface area contributed by atoms with E-state index in [1.54, 1.807) is 48.5 Å². The van der Waals surface area contributed by atoms with Crippen molar-refractivity contribution in [3.63, 3.8) is 0 Å². The molecule has 3 aromatic rings. The highest BCUT2D eigenvalue weighted by atomic mass is 35.5. The predicted octanol–water partition coefficient (Wildman–Crippen LogP) is 4.81. The van der Waals surface area contributed by atoms with Crippen LogP contribution in [0.25, 0.3) is 0 Å². The average molecular weight is 503 g/mol. The molecule has 0 spiro atoms. The Morgan fingerprint density at radius 3 is 2.53 bits per heavy atom. The van der Waals surface area contributed by atoms with Crippen LogP contribution in [0.4, 0.5) is 0 Å². The summed E-state index contributed by atoms with van der Waals surface area (Å²) in [6.07, 6.45) is 1.44. The van der Waals surface area contributed by atoms with E-state index in [1.165, 1.54) is 25.5 Å². The number of rotatable bonds is 10. The van der Waals surface area contributed by atoms with E-state index in [4.69, 9.17) is 42.5 Å². The Bertz CT molecular complexity index is 1220. The Hall–Kier alpha value is -3.75. The largest absolute Gasteiger partial charge is 0.493 e. The number of hydrogen-bond acceptors (Lipinski definition) is 6. The lowest BCUT2D eigenvalue weighted by atomic mass is 10.1. The second-order valence-electron chi connectivity index (χ2n) is 6.86. The van der Waals surface area contributed by atoms with Crippen molar-refractivity contribution in [2.75, 3.05) is 13.7 Å². The molecule has 34 heavy (non-hydrogen) atoms. The second kappa shape index (κ2) is 11.9. The van der Waals surface area contributed by atoms with Crippen LogP contribution in [0.15, 0.2) is 65.8 Å². The van der Waals surface area contributed by atoms with Gasteiger partial charge < -0.3 is 19.3 Å². The van der Waals surface area contributed by atoms with Crippen LogP contribution in [0, 0.1) is 0 Å². The summed E-state index contributed by atoms with van der Waals surface area (Å²) in [6, 6.07) is 16.3. The van der Waals surface area contributed by atoms with Crippen molar-refractivity contribution in [1.29, 1.82) is 0 Å². The van der Waals surface area contributed by atoms with E-state index in [1.807, 2.05) is 0 Å². The van der Waals surface area contributed by atoms with Gasteiger partial charge in [-0.1, -0.05) is 35.3 Å². The molecule has 0 saturated heterocycles. The van der Waals surface area contributed by atoms with Gasteiger partial charge in [0, 0.05) is 5.02 Å². The van der Waals surface area contributed by atoms with E-state index in [9.17, 15) is 9.59 Å². The molecule has 0 bridgehead atoms. The predicted molar refractivity (Wildman–Crippen MR) is 128 cm³/mol. The minimum atomic E-state index is -1.00. The number of ether oxygens (including phenoxy) is 3. The summed E-state index contributed by atoms with van der Waals surface area (Å²) in [5, 5.41) is 13.8. The van der Waals surface area contributed by atoms with Gasteiger partial charge in [-0.15, -0.1) is 0 Å². The number of amides is 1. The molecule has 0 aromatic heterocycles. The van der Waals surface area contributed by atoms with Gasteiger partial charge in [0.25, 0.3) is 5.91 Å². The fraction of sp³-hybridized carbons (Fsp3) is 0.125. The summed E-state index contributed by atoms with van der Waals surface area (Å²) < 4.78 is 16.5. The van der Waals surface area contributed by atoms with Gasteiger partial charge in [-0.3, -0.25) is 4.79 Å². The van der Waals surface area contributed by atoms with Crippen molar-refractivity contribution >= 4 is 41.3 Å². The first kappa shape index (κ1) is 24.9. The van der Waals surface area contributed by atoms with Gasteiger partial charge in [-0.2, -0.15) is 5.10 Å². The van der Waals surface area contributed by atoms with Crippen LogP contribution in [0.1, 0.15) is 21.5 Å². The van der Waals surface area contributed by atoms with E-state index < -0.39 is 11.9 Å². The van der Waals surface area contributed by atoms with Gasteiger partial charge in [0.2, 0.25) is 0 Å². The van der Waals surface area contributed by atoms with Gasteiger partial charge in [-0.05, 0) is 59.7 Å². The third-order valence-corrected chi connectivity index (χ3v) is 4.94. The maximum Gasteiger partial charge on any atom is 0.335 e. The molecule has 0 unspecified atom stereocenters. The van der Waals surface area contributed by atoms with Crippen LogP contribution in [-0.2, 0) is 11.4 Å². The molecule has 0 radical (unpaired) electrons. The number of methoxy groups -OCH3 is 1. The first-order valence-corrected chi connectivity index (χ1v) is 10.6. The summed E-state index contributed by atoms with van der Waals surface area (Å²) in [4.78, 5) is 23.1. The molecule has 10 heteroatoms. The SMILES string of the molecule is COc1cc(/C=N\NC(=O)COc2ccc(Cl)cc2Cl)ccc1OCc1cccc(C(=O)O)c1. The lowest BCUT2D eigenvalue weighted by Gasteiger charge is -2.11. The second-order valence-corrected chi connectivity index (χ2v) is 7.70. The monoisotopic (exact) mass is 502 g/mol. The molecule has 0 aliphatic rings. The number of carboxylic acid groups (broad SMARTS) is 1. The molecular weight excluding hydrogens is 483 g/mol. The van der Waals surface area contributed by atoms with Crippen molar-refractivity contribution in [1.82, 2.24) is 5.43 Å². The molecule has 0 fully saturated rings. The minimum Gasteiger partial charge on any atom is -0.493 e. The minimum absolute atomic E-state index is 0.165. The summed E-state index contributed by atoms with van der Waals surface area (Å²) in [6.45, 7) is -0.115. The maximum atomic E-state index is 11.9. The summed E-state index contributed by atoms with van der Waals surface area (Å²) in [5.41, 5.74) is 3.90. The van der Waals surface area contributed by atoms with Crippen LogP contribution in [0.3, 0.4) is 0 Å². The van der Waals surface area contributed by atoms with Gasteiger partial charge in [0.15, 0.2) is 18.1 Å². The van der Waals surface area contributed by atoms with Crippen LogP contribution < -0.4 is 19.6 Å². The average Bonchev–Trinajstić information content (AvgIpc) is 2.82. The Morgan fingerprint density at radius 1 is 1.00 bits per heavy atom. The molecule has 0 saturated carbocycles. The number of nitrogens with one attached hydrogen (secondary N) is 1. The zero-order valence-corrected chi connectivity index (χ0v) is 19.5. The van der Waals surface area contributed by atoms with Gasteiger partial charge >= 0.3 is 5.97 Å². The standard InChI is InChI=1S/C24H20Cl2N2O6/c1-32-22-10-15(5-7-21(22)33-13-16-3-2-4-17(9-16)24(30)31)12-27-28-23(29)14-34-20-8-6-18(25)11-19(20)26/h2-12H,13-14H2,1H3,(H,28,29)(H,30,31)/b27-12-. The van der Waals surface area contributed by atoms with Crippen LogP contribution >= 0.6 is 23.2 Å². The fourth-order valence-electron chi connectivity index (χ4n) is 2.79. The van der Waals surface area contributed by atoms with E-state index in [-0.39, 0.29) is 18.8 Å². The lowest BCUT2D eigenvalue weighted by Crippen LogP contribution is -2.24. The highest BCUT2D eigenvalue weighted by molar-refractivity contribution is 6.35. The maximum absolute atomic E-state index is 11.9. The number of nitrogens with zero attached hydrogens (tertiary/aromatic N) is 1. The molecule has 0 aliphatic carbocycles. The first-order valence-electron chi connectivity index (χ1n) is 9.88. The van der Waals surface area contributed by atoms with Crippen LogP contribution in [0.2, 0.25) is 10.0 Å². The quantitative estimate of drug-likeness (QED) is 0.304. The molecular formula is C24H20Cl2N2O6. The molecule has 1 amide bonds. The molecule has 2 N–H and O–H groups in total. The Kier molecular flexibility index (Phi) is 8.73. The normalized spacial score (nSPS) is 10.7. The Morgan fingerprint density at radius 2 is 1.79 bits per heavy atom. The van der Waals surface area contributed by atoms with Crippen LogP contribution in [-0.4, -0.2) is 36.9 Å². The zero-order valence-electron chi connectivity index (χ0n) is 18.0. The third-order valence-electron chi connectivity index (χ3n) is 4.41. The zero-order chi connectivity index (χ0) is 24.5. The summed E-state index contributed by atoms with van der Waals surface area (Å²) in [7, 11) is 1.50. The van der Waals surface area contributed by atoms with Crippen molar-refractivity contribution in [2.45, 2.75) is 6.61 Å².